The third-order valence-corrected chi connectivity index (χ3v) is 9.62. The minimum atomic E-state index is -2.46. The van der Waals surface area contributed by atoms with E-state index in [-0.39, 0.29) is 11.5 Å². The van der Waals surface area contributed by atoms with Crippen LogP contribution < -0.4 is 10.4 Å². The van der Waals surface area contributed by atoms with E-state index in [1.807, 2.05) is 12.1 Å². The Morgan fingerprint density at radius 2 is 1.61 bits per heavy atom. The smallest absolute Gasteiger partial charge is 0.305 e. The number of methoxy groups -OCH3 is 1. The molecular formula is C19H22O3Si. The maximum absolute atomic E-state index is 12.0. The van der Waals surface area contributed by atoms with E-state index in [9.17, 15) is 4.79 Å². The van der Waals surface area contributed by atoms with Crippen LogP contribution >= 0.6 is 0 Å². The van der Waals surface area contributed by atoms with E-state index in [1.165, 1.54) is 17.5 Å². The lowest BCUT2D eigenvalue weighted by Crippen LogP contribution is -2.61. The first-order chi connectivity index (χ1) is 11.2. The Hall–Kier alpha value is -1.91. The zero-order chi connectivity index (χ0) is 16.3. The van der Waals surface area contributed by atoms with Gasteiger partial charge in [-0.25, -0.2) is 0 Å². The SMILES string of the molecule is COC(=O)C[C@H]1[C@H](C)CO[Si]1(c1ccccc1)c1ccccc1. The first-order valence-corrected chi connectivity index (χ1v) is 9.99. The summed E-state index contributed by atoms with van der Waals surface area (Å²) in [5.74, 6) is 0.178. The van der Waals surface area contributed by atoms with Crippen LogP contribution in [0.2, 0.25) is 5.54 Å². The molecule has 0 aliphatic carbocycles. The Balaban J connectivity index is 2.14. The van der Waals surface area contributed by atoms with Crippen molar-refractivity contribution in [1.82, 2.24) is 0 Å². The van der Waals surface area contributed by atoms with Crippen LogP contribution in [-0.2, 0) is 14.0 Å². The molecule has 0 N–H and O–H groups in total. The maximum Gasteiger partial charge on any atom is 0.305 e. The third-order valence-electron chi connectivity index (χ3n) is 4.80. The van der Waals surface area contributed by atoms with Gasteiger partial charge in [-0.3, -0.25) is 4.79 Å². The summed E-state index contributed by atoms with van der Waals surface area (Å²) in [6, 6.07) is 20.8. The van der Waals surface area contributed by atoms with Crippen molar-refractivity contribution in [3.63, 3.8) is 0 Å². The zero-order valence-corrected chi connectivity index (χ0v) is 14.6. The average Bonchev–Trinajstić information content (AvgIpc) is 2.94. The van der Waals surface area contributed by atoms with Gasteiger partial charge in [0.05, 0.1) is 7.11 Å². The highest BCUT2D eigenvalue weighted by Gasteiger charge is 2.54. The van der Waals surface area contributed by atoms with Gasteiger partial charge in [-0.1, -0.05) is 67.6 Å². The Bertz CT molecular complexity index is 617. The van der Waals surface area contributed by atoms with Crippen LogP contribution in [0.5, 0.6) is 0 Å². The molecule has 3 nitrogen and oxygen atoms in total. The number of rotatable bonds is 4. The van der Waals surface area contributed by atoms with E-state index in [0.717, 1.165) is 0 Å². The molecule has 1 aliphatic rings. The van der Waals surface area contributed by atoms with Crippen molar-refractivity contribution in [1.29, 1.82) is 0 Å². The van der Waals surface area contributed by atoms with Gasteiger partial charge in [0.25, 0.3) is 8.32 Å². The summed E-state index contributed by atoms with van der Waals surface area (Å²) in [5, 5.41) is 2.45. The molecule has 1 saturated heterocycles. The molecule has 3 rings (SSSR count). The summed E-state index contributed by atoms with van der Waals surface area (Å²) in [6.45, 7) is 2.87. The molecule has 120 valence electrons. The van der Waals surface area contributed by atoms with Crippen LogP contribution in [-0.4, -0.2) is 28.0 Å². The van der Waals surface area contributed by atoms with Crippen LogP contribution in [0.25, 0.3) is 0 Å². The Morgan fingerprint density at radius 3 is 2.09 bits per heavy atom. The van der Waals surface area contributed by atoms with Crippen molar-refractivity contribution in [3.8, 4) is 0 Å². The molecule has 23 heavy (non-hydrogen) atoms. The van der Waals surface area contributed by atoms with Crippen LogP contribution in [0.3, 0.4) is 0 Å². The third kappa shape index (κ3) is 2.84. The highest BCUT2D eigenvalue weighted by molar-refractivity contribution is 6.99. The molecule has 0 radical (unpaired) electrons. The van der Waals surface area contributed by atoms with E-state index in [1.54, 1.807) is 0 Å². The van der Waals surface area contributed by atoms with Crippen molar-refractivity contribution in [2.45, 2.75) is 18.9 Å². The molecule has 0 amide bonds. The molecule has 4 heteroatoms. The van der Waals surface area contributed by atoms with Gasteiger partial charge in [0, 0.05) is 18.6 Å². The topological polar surface area (TPSA) is 35.5 Å². The minimum absolute atomic E-state index is 0.156. The molecule has 2 aromatic rings. The Morgan fingerprint density at radius 1 is 1.09 bits per heavy atom. The summed E-state index contributed by atoms with van der Waals surface area (Å²) in [4.78, 5) is 12.0. The number of hydrogen-bond acceptors (Lipinski definition) is 3. The fraction of sp³-hybridized carbons (Fsp3) is 0.316. The molecule has 1 fully saturated rings. The van der Waals surface area contributed by atoms with E-state index in [2.05, 4.69) is 55.5 Å². The summed E-state index contributed by atoms with van der Waals surface area (Å²) in [6.07, 6.45) is 0.410. The van der Waals surface area contributed by atoms with Crippen molar-refractivity contribution >= 4 is 24.7 Å². The maximum atomic E-state index is 12.0. The lowest BCUT2D eigenvalue weighted by Gasteiger charge is -2.33. The Kier molecular flexibility index (Phi) is 4.64. The quantitative estimate of drug-likeness (QED) is 0.639. The fourth-order valence-corrected chi connectivity index (χ4v) is 8.62. The summed E-state index contributed by atoms with van der Waals surface area (Å²) in [5.41, 5.74) is 0.180. The summed E-state index contributed by atoms with van der Waals surface area (Å²) < 4.78 is 11.5. The van der Waals surface area contributed by atoms with Crippen LogP contribution in [0.15, 0.2) is 60.7 Å². The van der Waals surface area contributed by atoms with Crippen LogP contribution in [0, 0.1) is 5.92 Å². The van der Waals surface area contributed by atoms with Gasteiger partial charge in [0.2, 0.25) is 0 Å². The number of carbonyl (C=O) groups excluding carboxylic acids is 1. The van der Waals surface area contributed by atoms with Gasteiger partial charge in [-0.2, -0.15) is 0 Å². The molecule has 1 heterocycles. The van der Waals surface area contributed by atoms with Gasteiger partial charge >= 0.3 is 5.97 Å². The highest BCUT2D eigenvalue weighted by Crippen LogP contribution is 2.40. The summed E-state index contributed by atoms with van der Waals surface area (Å²) >= 11 is 0. The molecule has 0 bridgehead atoms. The molecule has 1 aliphatic heterocycles. The van der Waals surface area contributed by atoms with Gasteiger partial charge in [-0.05, 0) is 16.3 Å². The van der Waals surface area contributed by atoms with Gasteiger partial charge in [0.15, 0.2) is 0 Å². The predicted octanol–water partition coefficient (Wildman–Crippen LogP) is 2.35. The first-order valence-electron chi connectivity index (χ1n) is 8.00. The molecule has 0 saturated carbocycles. The van der Waals surface area contributed by atoms with Crippen molar-refractivity contribution in [2.24, 2.45) is 5.92 Å². The second-order valence-electron chi connectivity index (χ2n) is 6.14. The normalized spacial score (nSPS) is 22.7. The lowest BCUT2D eigenvalue weighted by molar-refractivity contribution is -0.140. The zero-order valence-electron chi connectivity index (χ0n) is 13.6. The van der Waals surface area contributed by atoms with E-state index >= 15 is 0 Å². The van der Waals surface area contributed by atoms with Gasteiger partial charge in [0.1, 0.15) is 0 Å². The first kappa shape index (κ1) is 16.0. The van der Waals surface area contributed by atoms with E-state index in [0.29, 0.717) is 18.9 Å². The minimum Gasteiger partial charge on any atom is -0.469 e. The molecular weight excluding hydrogens is 304 g/mol. The predicted molar refractivity (Wildman–Crippen MR) is 93.4 cm³/mol. The van der Waals surface area contributed by atoms with E-state index in [4.69, 9.17) is 9.16 Å². The molecule has 2 aromatic carbocycles. The van der Waals surface area contributed by atoms with Crippen LogP contribution in [0.4, 0.5) is 0 Å². The standard InChI is InChI=1S/C19H22O3Si/c1-15-14-22-23(16-9-5-3-6-10-16,17-11-7-4-8-12-17)18(15)13-19(20)21-2/h3-12,15,18H,13-14H2,1-2H3/t15-,18+/m1/s1. The van der Waals surface area contributed by atoms with Crippen molar-refractivity contribution in [3.05, 3.63) is 60.7 Å². The molecule has 0 spiro atoms. The lowest BCUT2D eigenvalue weighted by atomic mass is 10.1. The second kappa shape index (κ2) is 6.68. The number of ether oxygens (including phenoxy) is 1. The number of hydrogen-bond donors (Lipinski definition) is 0. The molecule has 2 atom stereocenters. The average molecular weight is 326 g/mol. The van der Waals surface area contributed by atoms with Gasteiger partial charge < -0.3 is 9.16 Å². The summed E-state index contributed by atoms with van der Waals surface area (Å²) in [7, 11) is -1.00. The molecule has 0 unspecified atom stereocenters. The van der Waals surface area contributed by atoms with Crippen LogP contribution in [0.1, 0.15) is 13.3 Å². The Labute approximate surface area is 138 Å². The van der Waals surface area contributed by atoms with Gasteiger partial charge in [-0.15, -0.1) is 0 Å². The monoisotopic (exact) mass is 326 g/mol. The fourth-order valence-electron chi connectivity index (χ4n) is 3.63. The van der Waals surface area contributed by atoms with E-state index < -0.39 is 8.32 Å². The number of carbonyl (C=O) groups is 1. The highest BCUT2D eigenvalue weighted by atomic mass is 28.4. The number of esters is 1. The second-order valence-corrected chi connectivity index (χ2v) is 9.80. The molecule has 0 aromatic heterocycles. The number of benzene rings is 2. The van der Waals surface area contributed by atoms with Crippen molar-refractivity contribution in [2.75, 3.05) is 13.7 Å². The largest absolute Gasteiger partial charge is 0.469 e. The van der Waals surface area contributed by atoms with Crippen molar-refractivity contribution < 1.29 is 14.0 Å².